The number of nitrogens with zero attached hydrogens (tertiary/aromatic N) is 2. The minimum absolute atomic E-state index is 0.421. The molecular weight excluding hydrogens is 260 g/mol. The van der Waals surface area contributed by atoms with E-state index in [1.165, 1.54) is 0 Å². The first-order chi connectivity index (χ1) is 10.3. The number of fused-ring (bicyclic) bond motifs is 1. The van der Waals surface area contributed by atoms with Crippen molar-refractivity contribution in [3.63, 3.8) is 0 Å². The number of nitrogens with one attached hydrogen (secondary N) is 1. The third-order valence-electron chi connectivity index (χ3n) is 3.34. The van der Waals surface area contributed by atoms with Crippen LogP contribution in [0.15, 0.2) is 54.7 Å². The van der Waals surface area contributed by atoms with Crippen LogP contribution in [0.1, 0.15) is 5.56 Å². The highest BCUT2D eigenvalue weighted by Crippen LogP contribution is 2.29. The molecule has 102 valence electrons. The van der Waals surface area contributed by atoms with Gasteiger partial charge in [0.25, 0.3) is 0 Å². The summed E-state index contributed by atoms with van der Waals surface area (Å²) in [6.07, 6.45) is 2.17. The van der Waals surface area contributed by atoms with E-state index in [0.717, 1.165) is 27.8 Å². The molecule has 0 fully saturated rings. The van der Waals surface area contributed by atoms with Gasteiger partial charge in [0.15, 0.2) is 0 Å². The van der Waals surface area contributed by atoms with Crippen molar-refractivity contribution in [2.24, 2.45) is 0 Å². The van der Waals surface area contributed by atoms with Gasteiger partial charge in [-0.05, 0) is 42.0 Å². The van der Waals surface area contributed by atoms with Gasteiger partial charge in [-0.2, -0.15) is 5.26 Å². The van der Waals surface area contributed by atoms with E-state index in [0.29, 0.717) is 12.1 Å². The second kappa shape index (κ2) is 5.51. The summed E-state index contributed by atoms with van der Waals surface area (Å²) in [5.41, 5.74) is 10.5. The zero-order valence-corrected chi connectivity index (χ0v) is 11.4. The van der Waals surface area contributed by atoms with Gasteiger partial charge in [-0.25, -0.2) is 0 Å². The fourth-order valence-corrected chi connectivity index (χ4v) is 2.24. The molecule has 4 heteroatoms. The van der Waals surface area contributed by atoms with E-state index in [2.05, 4.69) is 16.4 Å². The predicted molar refractivity (Wildman–Crippen MR) is 85.2 cm³/mol. The van der Waals surface area contributed by atoms with E-state index < -0.39 is 0 Å². The molecule has 0 aliphatic heterocycles. The highest BCUT2D eigenvalue weighted by atomic mass is 14.9. The number of nitrogens with two attached hydrogens (primary N) is 1. The molecular formula is C17H14N4. The van der Waals surface area contributed by atoms with E-state index in [9.17, 15) is 0 Å². The lowest BCUT2D eigenvalue weighted by atomic mass is 10.1. The summed E-state index contributed by atoms with van der Waals surface area (Å²) in [5.74, 6) is 0. The molecule has 0 atom stereocenters. The summed E-state index contributed by atoms with van der Waals surface area (Å²) in [6.45, 7) is 0. The normalized spacial score (nSPS) is 10.2. The van der Waals surface area contributed by atoms with Crippen LogP contribution in [0.25, 0.3) is 10.9 Å². The third-order valence-corrected chi connectivity index (χ3v) is 3.34. The van der Waals surface area contributed by atoms with E-state index in [1.54, 1.807) is 6.20 Å². The number of hydrogen-bond acceptors (Lipinski definition) is 4. The second-order valence-corrected chi connectivity index (χ2v) is 4.75. The Bertz CT molecular complexity index is 816. The second-order valence-electron chi connectivity index (χ2n) is 4.75. The minimum Gasteiger partial charge on any atom is -0.396 e. The van der Waals surface area contributed by atoms with Crippen LogP contribution in [0, 0.1) is 11.3 Å². The molecule has 0 amide bonds. The molecule has 3 N–H and O–H groups in total. The minimum atomic E-state index is 0.421. The van der Waals surface area contributed by atoms with Crippen molar-refractivity contribution >= 4 is 28.0 Å². The topological polar surface area (TPSA) is 74.7 Å². The Morgan fingerprint density at radius 3 is 2.67 bits per heavy atom. The van der Waals surface area contributed by atoms with Crippen LogP contribution in [0.3, 0.4) is 0 Å². The predicted octanol–water partition coefficient (Wildman–Crippen LogP) is 3.63. The standard InChI is InChI=1S/C17H14N4/c18-10-9-12-3-5-13(6-4-12)21-16-8-7-15-14(17(16)19)2-1-11-20-15/h1-8,11,21H,9,19H2. The van der Waals surface area contributed by atoms with Gasteiger partial charge in [0.1, 0.15) is 0 Å². The lowest BCUT2D eigenvalue weighted by molar-refractivity contribution is 1.26. The molecule has 0 spiro atoms. The average Bonchev–Trinajstić information content (AvgIpc) is 2.52. The van der Waals surface area contributed by atoms with E-state index in [-0.39, 0.29) is 0 Å². The largest absolute Gasteiger partial charge is 0.396 e. The van der Waals surface area contributed by atoms with Crippen LogP contribution < -0.4 is 11.1 Å². The van der Waals surface area contributed by atoms with Crippen molar-refractivity contribution < 1.29 is 0 Å². The molecule has 1 aromatic heterocycles. The number of hydrogen-bond donors (Lipinski definition) is 2. The first-order valence-corrected chi connectivity index (χ1v) is 6.64. The summed E-state index contributed by atoms with van der Waals surface area (Å²) in [5, 5.41) is 12.9. The number of rotatable bonds is 3. The molecule has 0 unspecified atom stereocenters. The van der Waals surface area contributed by atoms with Crippen molar-refractivity contribution in [3.8, 4) is 6.07 Å². The molecule has 0 bridgehead atoms. The Morgan fingerprint density at radius 2 is 1.90 bits per heavy atom. The van der Waals surface area contributed by atoms with Gasteiger partial charge >= 0.3 is 0 Å². The van der Waals surface area contributed by atoms with E-state index >= 15 is 0 Å². The van der Waals surface area contributed by atoms with E-state index in [4.69, 9.17) is 11.0 Å². The Labute approximate surface area is 122 Å². The lowest BCUT2D eigenvalue weighted by Crippen LogP contribution is -1.98. The van der Waals surface area contributed by atoms with Gasteiger partial charge in [0.2, 0.25) is 0 Å². The van der Waals surface area contributed by atoms with Crippen LogP contribution in [0.2, 0.25) is 0 Å². The van der Waals surface area contributed by atoms with Gasteiger partial charge in [-0.3, -0.25) is 4.98 Å². The first kappa shape index (κ1) is 12.9. The zero-order chi connectivity index (χ0) is 14.7. The summed E-state index contributed by atoms with van der Waals surface area (Å²) in [7, 11) is 0. The highest BCUT2D eigenvalue weighted by molar-refractivity contribution is 5.97. The molecule has 4 nitrogen and oxygen atoms in total. The van der Waals surface area contributed by atoms with Gasteiger partial charge in [-0.1, -0.05) is 12.1 Å². The summed E-state index contributed by atoms with van der Waals surface area (Å²) < 4.78 is 0. The maximum absolute atomic E-state index is 8.67. The maximum atomic E-state index is 8.67. The quantitative estimate of drug-likeness (QED) is 0.715. The molecule has 0 saturated carbocycles. The van der Waals surface area contributed by atoms with E-state index in [1.807, 2.05) is 48.5 Å². The fraction of sp³-hybridized carbons (Fsp3) is 0.0588. The number of nitriles is 1. The lowest BCUT2D eigenvalue weighted by Gasteiger charge is -2.11. The Morgan fingerprint density at radius 1 is 1.10 bits per heavy atom. The molecule has 0 radical (unpaired) electrons. The van der Waals surface area contributed by atoms with Crippen LogP contribution in [0.5, 0.6) is 0 Å². The molecule has 2 aromatic carbocycles. The number of anilines is 3. The zero-order valence-electron chi connectivity index (χ0n) is 11.4. The molecule has 0 aliphatic carbocycles. The molecule has 0 aliphatic rings. The highest BCUT2D eigenvalue weighted by Gasteiger charge is 2.05. The van der Waals surface area contributed by atoms with Crippen molar-refractivity contribution in [2.75, 3.05) is 11.1 Å². The van der Waals surface area contributed by atoms with Gasteiger partial charge in [-0.15, -0.1) is 0 Å². The third kappa shape index (κ3) is 2.63. The SMILES string of the molecule is N#CCc1ccc(Nc2ccc3ncccc3c2N)cc1. The first-order valence-electron chi connectivity index (χ1n) is 6.64. The average molecular weight is 274 g/mol. The Balaban J connectivity index is 1.91. The van der Waals surface area contributed by atoms with Crippen molar-refractivity contribution in [1.82, 2.24) is 4.98 Å². The summed E-state index contributed by atoms with van der Waals surface area (Å²) >= 11 is 0. The van der Waals surface area contributed by atoms with Crippen molar-refractivity contribution in [3.05, 3.63) is 60.3 Å². The number of nitrogen functional groups attached to an aromatic ring is 1. The van der Waals surface area contributed by atoms with Crippen LogP contribution in [-0.4, -0.2) is 4.98 Å². The Kier molecular flexibility index (Phi) is 3.40. The van der Waals surface area contributed by atoms with Crippen molar-refractivity contribution in [2.45, 2.75) is 6.42 Å². The van der Waals surface area contributed by atoms with Crippen LogP contribution in [0.4, 0.5) is 17.1 Å². The van der Waals surface area contributed by atoms with Crippen molar-refractivity contribution in [1.29, 1.82) is 5.26 Å². The summed E-state index contributed by atoms with van der Waals surface area (Å²) in [4.78, 5) is 4.28. The van der Waals surface area contributed by atoms with Gasteiger partial charge in [0, 0.05) is 17.3 Å². The molecule has 0 saturated heterocycles. The fourth-order valence-electron chi connectivity index (χ4n) is 2.24. The number of aromatic nitrogens is 1. The monoisotopic (exact) mass is 274 g/mol. The summed E-state index contributed by atoms with van der Waals surface area (Å²) in [6, 6.07) is 17.6. The number of benzene rings is 2. The molecule has 3 rings (SSSR count). The van der Waals surface area contributed by atoms with Crippen LogP contribution in [-0.2, 0) is 6.42 Å². The molecule has 1 heterocycles. The molecule has 21 heavy (non-hydrogen) atoms. The van der Waals surface area contributed by atoms with Gasteiger partial charge < -0.3 is 11.1 Å². The van der Waals surface area contributed by atoms with Crippen LogP contribution >= 0.6 is 0 Å². The molecule has 3 aromatic rings. The maximum Gasteiger partial charge on any atom is 0.0724 e. The number of pyridine rings is 1. The Hall–Kier alpha value is -3.06. The van der Waals surface area contributed by atoms with Gasteiger partial charge in [0.05, 0.1) is 29.4 Å². The smallest absolute Gasteiger partial charge is 0.0724 e.